The average molecular weight is 799 g/mol. The Morgan fingerprint density at radius 1 is 0.610 bits per heavy atom. The van der Waals surface area contributed by atoms with Gasteiger partial charge in [0.05, 0.1) is 32.6 Å². The number of nitrogens with zero attached hydrogens (tertiary/aromatic N) is 2. The number of rotatable bonds is 15. The van der Waals surface area contributed by atoms with Gasteiger partial charge in [-0.1, -0.05) is 62.4 Å². The Kier molecular flexibility index (Phi) is 11.8. The number of nitro benzene ring substituents is 2. The number of ether oxygens (including phenoxy) is 2. The van der Waals surface area contributed by atoms with E-state index in [2.05, 4.69) is 19.2 Å². The van der Waals surface area contributed by atoms with Crippen LogP contribution in [0.1, 0.15) is 73.2 Å². The number of carbonyl (C=O) groups is 3. The third-order valence-electron chi connectivity index (χ3n) is 9.57. The SMILES string of the molecule is CC(C)(c1ccc(Oc2ccc(NC(=O)c3c(C(=O)O)cccc3[N+](=O)[O-])cc2)cc1)c1ccc(Oc2ccc(C(NO)c3c(C(=O)O)cccc3[N+](=O)[O-])cc2)cc1. The van der Waals surface area contributed by atoms with Gasteiger partial charge in [0, 0.05) is 23.2 Å². The number of benzene rings is 6. The highest BCUT2D eigenvalue weighted by Gasteiger charge is 2.30. The highest BCUT2D eigenvalue weighted by Crippen LogP contribution is 2.37. The molecule has 0 saturated carbocycles. The van der Waals surface area contributed by atoms with Crippen molar-refractivity contribution >= 4 is 34.9 Å². The van der Waals surface area contributed by atoms with Crippen molar-refractivity contribution in [1.82, 2.24) is 5.48 Å². The fourth-order valence-corrected chi connectivity index (χ4v) is 6.46. The number of amides is 1. The molecule has 0 aliphatic carbocycles. The lowest BCUT2D eigenvalue weighted by molar-refractivity contribution is -0.385. The van der Waals surface area contributed by atoms with Crippen molar-refractivity contribution in [2.45, 2.75) is 25.3 Å². The summed E-state index contributed by atoms with van der Waals surface area (Å²) in [5.41, 5.74) is 1.51. The Morgan fingerprint density at radius 3 is 1.47 bits per heavy atom. The summed E-state index contributed by atoms with van der Waals surface area (Å²) in [4.78, 5) is 58.0. The topological polar surface area (TPSA) is 241 Å². The fraction of sp³-hybridized carbons (Fsp3) is 0.0930. The molecule has 1 unspecified atom stereocenters. The summed E-state index contributed by atoms with van der Waals surface area (Å²) in [5, 5.41) is 54.7. The van der Waals surface area contributed by atoms with Crippen LogP contribution in [-0.4, -0.2) is 43.1 Å². The molecule has 6 rings (SSSR count). The molecule has 298 valence electrons. The van der Waals surface area contributed by atoms with Crippen LogP contribution < -0.4 is 20.3 Å². The van der Waals surface area contributed by atoms with E-state index in [1.54, 1.807) is 36.4 Å². The molecule has 16 heteroatoms. The zero-order valence-electron chi connectivity index (χ0n) is 31.2. The Bertz CT molecular complexity index is 2490. The molecule has 59 heavy (non-hydrogen) atoms. The number of hydrogen-bond donors (Lipinski definition) is 5. The first-order valence-electron chi connectivity index (χ1n) is 17.7. The summed E-state index contributed by atoms with van der Waals surface area (Å²) in [6.07, 6.45) is 0. The van der Waals surface area contributed by atoms with Gasteiger partial charge >= 0.3 is 11.9 Å². The highest BCUT2D eigenvalue weighted by molar-refractivity contribution is 6.13. The first kappa shape index (κ1) is 40.7. The molecule has 6 aromatic rings. The number of aromatic carboxylic acids is 2. The van der Waals surface area contributed by atoms with Crippen LogP contribution in [0.4, 0.5) is 17.1 Å². The maximum absolute atomic E-state index is 12.9. The molecule has 0 spiro atoms. The van der Waals surface area contributed by atoms with E-state index in [1.165, 1.54) is 36.4 Å². The van der Waals surface area contributed by atoms with Gasteiger partial charge in [-0.25, -0.2) is 9.59 Å². The van der Waals surface area contributed by atoms with Crippen LogP contribution in [0.3, 0.4) is 0 Å². The summed E-state index contributed by atoms with van der Waals surface area (Å²) >= 11 is 0. The Balaban J connectivity index is 1.09. The molecule has 5 N–H and O–H groups in total. The lowest BCUT2D eigenvalue weighted by Crippen LogP contribution is -2.22. The predicted octanol–water partition coefficient (Wildman–Crippen LogP) is 9.13. The molecule has 0 aliphatic heterocycles. The molecule has 0 aromatic heterocycles. The first-order valence-corrected chi connectivity index (χ1v) is 17.7. The van der Waals surface area contributed by atoms with Crippen molar-refractivity contribution in [2.75, 3.05) is 5.32 Å². The molecule has 1 atom stereocenters. The molecular formula is C43H34N4O12. The van der Waals surface area contributed by atoms with E-state index in [4.69, 9.17) is 9.47 Å². The third-order valence-corrected chi connectivity index (χ3v) is 9.57. The maximum atomic E-state index is 12.9. The Hall–Kier alpha value is -7.95. The lowest BCUT2D eigenvalue weighted by atomic mass is 9.78. The monoisotopic (exact) mass is 798 g/mol. The maximum Gasteiger partial charge on any atom is 0.336 e. The van der Waals surface area contributed by atoms with Gasteiger partial charge in [0.15, 0.2) is 0 Å². The van der Waals surface area contributed by atoms with Crippen molar-refractivity contribution < 1.29 is 49.1 Å². The molecule has 0 radical (unpaired) electrons. The largest absolute Gasteiger partial charge is 0.478 e. The smallest absolute Gasteiger partial charge is 0.336 e. The molecule has 0 bridgehead atoms. The van der Waals surface area contributed by atoms with E-state index >= 15 is 0 Å². The van der Waals surface area contributed by atoms with Crippen LogP contribution in [0, 0.1) is 20.2 Å². The number of nitrogens with one attached hydrogen (secondary N) is 2. The van der Waals surface area contributed by atoms with E-state index in [1.807, 2.05) is 54.0 Å². The van der Waals surface area contributed by atoms with Crippen molar-refractivity contribution in [1.29, 1.82) is 0 Å². The molecule has 16 nitrogen and oxygen atoms in total. The second-order valence-corrected chi connectivity index (χ2v) is 13.6. The van der Waals surface area contributed by atoms with E-state index in [0.717, 1.165) is 23.3 Å². The van der Waals surface area contributed by atoms with Crippen molar-refractivity contribution in [2.24, 2.45) is 0 Å². The summed E-state index contributed by atoms with van der Waals surface area (Å²) in [6.45, 7) is 4.12. The number of hydroxylamine groups is 1. The van der Waals surface area contributed by atoms with Crippen molar-refractivity contribution in [3.05, 3.63) is 193 Å². The van der Waals surface area contributed by atoms with Crippen molar-refractivity contribution in [3.63, 3.8) is 0 Å². The number of carboxylic acids is 2. The van der Waals surface area contributed by atoms with Crippen molar-refractivity contribution in [3.8, 4) is 23.0 Å². The number of anilines is 1. The Labute approximate surface area is 335 Å². The normalized spacial score (nSPS) is 11.6. The molecule has 0 fully saturated rings. The van der Waals surface area contributed by atoms with Gasteiger partial charge < -0.3 is 30.2 Å². The second-order valence-electron chi connectivity index (χ2n) is 13.6. The van der Waals surface area contributed by atoms with E-state index in [0.29, 0.717) is 28.6 Å². The summed E-state index contributed by atoms with van der Waals surface area (Å²) in [7, 11) is 0. The van der Waals surface area contributed by atoms with Gasteiger partial charge in [-0.05, 0) is 89.5 Å². The van der Waals surface area contributed by atoms with Crippen LogP contribution in [0.15, 0.2) is 133 Å². The molecule has 0 heterocycles. The van der Waals surface area contributed by atoms with Gasteiger partial charge in [-0.3, -0.25) is 25.0 Å². The van der Waals surface area contributed by atoms with Gasteiger partial charge in [0.25, 0.3) is 17.3 Å². The zero-order chi connectivity index (χ0) is 42.4. The van der Waals surface area contributed by atoms with E-state index in [-0.39, 0.29) is 16.8 Å². The van der Waals surface area contributed by atoms with Crippen LogP contribution in [-0.2, 0) is 5.41 Å². The highest BCUT2D eigenvalue weighted by atomic mass is 16.6. The predicted molar refractivity (Wildman–Crippen MR) is 213 cm³/mol. The third kappa shape index (κ3) is 8.88. The van der Waals surface area contributed by atoms with Crippen LogP contribution in [0.25, 0.3) is 0 Å². The minimum atomic E-state index is -1.47. The van der Waals surface area contributed by atoms with Gasteiger partial charge in [-0.15, -0.1) is 0 Å². The summed E-state index contributed by atoms with van der Waals surface area (Å²) in [6, 6.07) is 33.3. The summed E-state index contributed by atoms with van der Waals surface area (Å²) < 4.78 is 12.0. The quantitative estimate of drug-likeness (QED) is 0.0481. The zero-order valence-corrected chi connectivity index (χ0v) is 31.2. The molecule has 1 amide bonds. The lowest BCUT2D eigenvalue weighted by Gasteiger charge is -2.26. The van der Waals surface area contributed by atoms with Gasteiger partial charge in [-0.2, -0.15) is 5.48 Å². The summed E-state index contributed by atoms with van der Waals surface area (Å²) in [5.74, 6) is -1.86. The molecule has 0 saturated heterocycles. The second kappa shape index (κ2) is 17.0. The van der Waals surface area contributed by atoms with Gasteiger partial charge in [0.2, 0.25) is 0 Å². The van der Waals surface area contributed by atoms with E-state index in [9.17, 15) is 50.0 Å². The number of hydrogen-bond acceptors (Lipinski definition) is 11. The number of nitro groups is 2. The Morgan fingerprint density at radius 2 is 1.03 bits per heavy atom. The minimum Gasteiger partial charge on any atom is -0.478 e. The standard InChI is InChI=1S/C43H34N4O12/c1-43(2,26-11-19-30(20-12-26)58-29-17-9-25(10-18-29)39(45-53)37-33(41(49)50)5-3-7-35(37)46(54)55)27-13-21-31(22-14-27)59-32-23-15-28(16-24-32)44-40(48)38-34(42(51)52)6-4-8-36(38)47(56)57/h3-24,39,45,53H,1-2H3,(H,44,48)(H,49,50)(H,51,52). The van der Waals surface area contributed by atoms with Crippen LogP contribution >= 0.6 is 0 Å². The molecular weight excluding hydrogens is 764 g/mol. The average Bonchev–Trinajstić information content (AvgIpc) is 3.22. The number of carbonyl (C=O) groups excluding carboxylic acids is 1. The molecule has 6 aromatic carbocycles. The number of carboxylic acid groups (broad SMARTS) is 2. The first-order chi connectivity index (χ1) is 28.2. The fourth-order valence-electron chi connectivity index (χ4n) is 6.46. The minimum absolute atomic E-state index is 0.195. The molecule has 0 aliphatic rings. The van der Waals surface area contributed by atoms with Crippen LogP contribution in [0.5, 0.6) is 23.0 Å². The van der Waals surface area contributed by atoms with Crippen LogP contribution in [0.2, 0.25) is 0 Å². The van der Waals surface area contributed by atoms with Gasteiger partial charge in [0.1, 0.15) is 28.6 Å². The van der Waals surface area contributed by atoms with E-state index < -0.39 is 61.7 Å².